The van der Waals surface area contributed by atoms with E-state index in [1.165, 1.54) is 31.0 Å². The Bertz CT molecular complexity index is 1050. The first-order chi connectivity index (χ1) is 14.7. The van der Waals surface area contributed by atoms with Crippen molar-refractivity contribution in [2.45, 2.75) is 31.7 Å². The zero-order valence-corrected chi connectivity index (χ0v) is 16.7. The number of aliphatic imine (C=N–C) groups is 1. The molecule has 3 aromatic rings. The average molecular weight is 403 g/mol. The third-order valence-corrected chi connectivity index (χ3v) is 6.02. The first-order valence-electron chi connectivity index (χ1n) is 10.5. The standard InChI is InChI=1S/C25H23F2N3/c26-20-4-3-5-21(27)25(20)23-12-11-22(29-23)18-8-6-17(7-9-18)19-10-13-24(28-16-19)30-14-1-2-15-30/h3-10,13,16,22H,1-2,11-12,14-15H2. The normalized spacial score (nSPS) is 18.7. The van der Waals surface area contributed by atoms with E-state index >= 15 is 0 Å². The van der Waals surface area contributed by atoms with Crippen LogP contribution in [0.2, 0.25) is 0 Å². The summed E-state index contributed by atoms with van der Waals surface area (Å²) in [5, 5.41) is 0. The van der Waals surface area contributed by atoms with E-state index in [0.29, 0.717) is 12.1 Å². The first kappa shape index (κ1) is 18.9. The molecule has 152 valence electrons. The van der Waals surface area contributed by atoms with Gasteiger partial charge in [0.1, 0.15) is 17.5 Å². The molecule has 1 aromatic heterocycles. The van der Waals surface area contributed by atoms with E-state index in [-0.39, 0.29) is 11.6 Å². The van der Waals surface area contributed by atoms with Gasteiger partial charge < -0.3 is 4.90 Å². The first-order valence-corrected chi connectivity index (χ1v) is 10.5. The minimum Gasteiger partial charge on any atom is -0.357 e. The van der Waals surface area contributed by atoms with Crippen LogP contribution in [-0.2, 0) is 0 Å². The molecule has 1 unspecified atom stereocenters. The van der Waals surface area contributed by atoms with Gasteiger partial charge in [-0.15, -0.1) is 0 Å². The van der Waals surface area contributed by atoms with E-state index < -0.39 is 11.6 Å². The predicted molar refractivity (Wildman–Crippen MR) is 116 cm³/mol. The fourth-order valence-electron chi connectivity index (χ4n) is 4.38. The lowest BCUT2D eigenvalue weighted by atomic mass is 10.00. The molecule has 0 aliphatic carbocycles. The second kappa shape index (κ2) is 7.98. The lowest BCUT2D eigenvalue weighted by Gasteiger charge is -2.16. The number of hydrogen-bond acceptors (Lipinski definition) is 3. The molecule has 5 rings (SSSR count). The van der Waals surface area contributed by atoms with Gasteiger partial charge >= 0.3 is 0 Å². The molecule has 0 radical (unpaired) electrons. The summed E-state index contributed by atoms with van der Waals surface area (Å²) in [6.45, 7) is 2.17. The summed E-state index contributed by atoms with van der Waals surface area (Å²) in [7, 11) is 0. The average Bonchev–Trinajstić information content (AvgIpc) is 3.47. The Labute approximate surface area is 175 Å². The van der Waals surface area contributed by atoms with Crippen LogP contribution in [0.3, 0.4) is 0 Å². The van der Waals surface area contributed by atoms with Gasteiger partial charge in [0.25, 0.3) is 0 Å². The third kappa shape index (κ3) is 3.60. The molecule has 1 atom stereocenters. The monoisotopic (exact) mass is 403 g/mol. The molecular weight excluding hydrogens is 380 g/mol. The van der Waals surface area contributed by atoms with Crippen molar-refractivity contribution >= 4 is 11.5 Å². The van der Waals surface area contributed by atoms with Gasteiger partial charge in [0.05, 0.1) is 11.6 Å². The van der Waals surface area contributed by atoms with E-state index in [1.807, 2.05) is 6.20 Å². The van der Waals surface area contributed by atoms with E-state index in [9.17, 15) is 8.78 Å². The minimum atomic E-state index is -0.547. The van der Waals surface area contributed by atoms with E-state index in [0.717, 1.165) is 42.0 Å². The summed E-state index contributed by atoms with van der Waals surface area (Å²) in [5.74, 6) is -0.0506. The molecule has 2 aromatic carbocycles. The van der Waals surface area contributed by atoms with Crippen LogP contribution in [0.1, 0.15) is 42.9 Å². The Balaban J connectivity index is 1.33. The highest BCUT2D eigenvalue weighted by molar-refractivity contribution is 6.02. The zero-order valence-electron chi connectivity index (χ0n) is 16.7. The molecule has 3 heterocycles. The topological polar surface area (TPSA) is 28.5 Å². The molecule has 1 fully saturated rings. The van der Waals surface area contributed by atoms with Crippen molar-refractivity contribution in [2.75, 3.05) is 18.0 Å². The Hall–Kier alpha value is -3.08. The number of anilines is 1. The number of aromatic nitrogens is 1. The molecule has 0 amide bonds. The molecule has 5 heteroatoms. The maximum Gasteiger partial charge on any atom is 0.135 e. The van der Waals surface area contributed by atoms with Gasteiger partial charge in [-0.05, 0) is 61.1 Å². The molecule has 3 nitrogen and oxygen atoms in total. The van der Waals surface area contributed by atoms with Gasteiger partial charge in [0, 0.05) is 30.6 Å². The Morgan fingerprint density at radius 2 is 1.53 bits per heavy atom. The summed E-state index contributed by atoms with van der Waals surface area (Å²) in [5.41, 5.74) is 3.77. The quantitative estimate of drug-likeness (QED) is 0.538. The van der Waals surface area contributed by atoms with Crippen molar-refractivity contribution in [3.63, 3.8) is 0 Å². The fraction of sp³-hybridized carbons (Fsp3) is 0.280. The SMILES string of the molecule is Fc1cccc(F)c1C1=NC(c2ccc(-c3ccc(N4CCCC4)nc3)cc2)CC1. The van der Waals surface area contributed by atoms with Crippen LogP contribution in [-0.4, -0.2) is 23.8 Å². The molecule has 0 spiro atoms. The summed E-state index contributed by atoms with van der Waals surface area (Å²) in [6.07, 6.45) is 5.73. The van der Waals surface area contributed by atoms with Crippen LogP contribution in [0.25, 0.3) is 11.1 Å². The van der Waals surface area contributed by atoms with E-state index in [2.05, 4.69) is 51.3 Å². The van der Waals surface area contributed by atoms with Gasteiger partial charge in [0.15, 0.2) is 0 Å². The number of halogens is 2. The highest BCUT2D eigenvalue weighted by Crippen LogP contribution is 2.33. The second-order valence-corrected chi connectivity index (χ2v) is 7.95. The summed E-state index contributed by atoms with van der Waals surface area (Å²) < 4.78 is 28.1. The van der Waals surface area contributed by atoms with Crippen LogP contribution in [0.15, 0.2) is 65.8 Å². The van der Waals surface area contributed by atoms with Crippen molar-refractivity contribution in [1.29, 1.82) is 0 Å². The van der Waals surface area contributed by atoms with Crippen LogP contribution in [0.5, 0.6) is 0 Å². The third-order valence-electron chi connectivity index (χ3n) is 6.02. The van der Waals surface area contributed by atoms with Gasteiger partial charge in [-0.2, -0.15) is 0 Å². The van der Waals surface area contributed by atoms with Gasteiger partial charge in [-0.1, -0.05) is 30.3 Å². The van der Waals surface area contributed by atoms with Crippen molar-refractivity contribution in [3.8, 4) is 11.1 Å². The van der Waals surface area contributed by atoms with Crippen LogP contribution in [0, 0.1) is 11.6 Å². The molecular formula is C25H23F2N3. The van der Waals surface area contributed by atoms with E-state index in [4.69, 9.17) is 0 Å². The Morgan fingerprint density at radius 3 is 2.20 bits per heavy atom. The number of rotatable bonds is 4. The maximum absolute atomic E-state index is 14.1. The van der Waals surface area contributed by atoms with Gasteiger partial charge in [-0.25, -0.2) is 13.8 Å². The molecule has 2 aliphatic rings. The number of hydrogen-bond donors (Lipinski definition) is 0. The van der Waals surface area contributed by atoms with Crippen molar-refractivity contribution in [3.05, 3.63) is 83.6 Å². The van der Waals surface area contributed by atoms with Crippen LogP contribution < -0.4 is 4.90 Å². The highest BCUT2D eigenvalue weighted by Gasteiger charge is 2.24. The predicted octanol–water partition coefficient (Wildman–Crippen LogP) is 5.95. The van der Waals surface area contributed by atoms with Crippen LogP contribution in [0.4, 0.5) is 14.6 Å². The number of benzene rings is 2. The minimum absolute atomic E-state index is 0.0146. The molecule has 1 saturated heterocycles. The van der Waals surface area contributed by atoms with Crippen molar-refractivity contribution in [2.24, 2.45) is 4.99 Å². The maximum atomic E-state index is 14.1. The largest absolute Gasteiger partial charge is 0.357 e. The van der Waals surface area contributed by atoms with Crippen molar-refractivity contribution < 1.29 is 8.78 Å². The summed E-state index contributed by atoms with van der Waals surface area (Å²) >= 11 is 0. The fourth-order valence-corrected chi connectivity index (χ4v) is 4.38. The summed E-state index contributed by atoms with van der Waals surface area (Å²) in [6, 6.07) is 16.3. The number of pyridine rings is 1. The highest BCUT2D eigenvalue weighted by atomic mass is 19.1. The summed E-state index contributed by atoms with van der Waals surface area (Å²) in [4.78, 5) is 11.6. The number of nitrogens with zero attached hydrogens (tertiary/aromatic N) is 3. The molecule has 30 heavy (non-hydrogen) atoms. The Kier molecular flexibility index (Phi) is 5.03. The molecule has 0 N–H and O–H groups in total. The Morgan fingerprint density at radius 1 is 0.833 bits per heavy atom. The molecule has 0 saturated carbocycles. The smallest absolute Gasteiger partial charge is 0.135 e. The van der Waals surface area contributed by atoms with Crippen LogP contribution >= 0.6 is 0 Å². The van der Waals surface area contributed by atoms with E-state index in [1.54, 1.807) is 0 Å². The lowest BCUT2D eigenvalue weighted by molar-refractivity contribution is 0.578. The van der Waals surface area contributed by atoms with Crippen molar-refractivity contribution in [1.82, 2.24) is 4.98 Å². The van der Waals surface area contributed by atoms with Gasteiger partial charge in [0.2, 0.25) is 0 Å². The van der Waals surface area contributed by atoms with Gasteiger partial charge in [-0.3, -0.25) is 4.99 Å². The lowest BCUT2D eigenvalue weighted by Crippen LogP contribution is -2.18. The zero-order chi connectivity index (χ0) is 20.5. The molecule has 0 bridgehead atoms. The second-order valence-electron chi connectivity index (χ2n) is 7.95. The molecule has 2 aliphatic heterocycles.